The lowest BCUT2D eigenvalue weighted by atomic mass is 10.7. The fourth-order valence-corrected chi connectivity index (χ4v) is 0.180. The van der Waals surface area contributed by atoms with E-state index in [1.807, 2.05) is 6.92 Å². The van der Waals surface area contributed by atoms with Gasteiger partial charge in [0.05, 0.1) is 6.61 Å². The molecule has 0 radical (unpaired) electrons. The summed E-state index contributed by atoms with van der Waals surface area (Å²) in [6, 6.07) is 0. The highest BCUT2D eigenvalue weighted by atomic mass is 31.2. The predicted octanol–water partition coefficient (Wildman–Crippen LogP) is 0.212. The molecule has 0 unspecified atom stereocenters. The highest BCUT2D eigenvalue weighted by Crippen LogP contribution is 2.25. The molecule has 0 aromatic rings. The van der Waals surface area contributed by atoms with E-state index < -0.39 is 7.82 Å². The van der Waals surface area contributed by atoms with Crippen LogP contribution in [0.2, 0.25) is 0 Å². The molecule has 0 aromatic heterocycles. The van der Waals surface area contributed by atoms with Crippen LogP contribution >= 0.6 is 7.82 Å². The first-order chi connectivity index (χ1) is 5.41. The molecule has 12 heavy (non-hydrogen) atoms. The zero-order chi connectivity index (χ0) is 10.0. The zero-order valence-corrected chi connectivity index (χ0v) is 7.61. The van der Waals surface area contributed by atoms with Gasteiger partial charge in [0.25, 0.3) is 0 Å². The van der Waals surface area contributed by atoms with E-state index in [0.29, 0.717) is 13.2 Å². The first-order valence-corrected chi connectivity index (χ1v) is 4.62. The maximum Gasteiger partial charge on any atom is 0.466 e. The highest BCUT2D eigenvalue weighted by molar-refractivity contribution is 7.45. The Morgan fingerprint density at radius 1 is 1.42 bits per heavy atom. The number of hydrogen-bond acceptors (Lipinski definition) is 3. The van der Waals surface area contributed by atoms with Gasteiger partial charge in [-0.2, -0.15) is 0 Å². The lowest BCUT2D eigenvalue weighted by Gasteiger charge is -1.93. The average molecular weight is 200 g/mol. The van der Waals surface area contributed by atoms with E-state index in [1.54, 1.807) is 6.08 Å². The van der Waals surface area contributed by atoms with Gasteiger partial charge < -0.3 is 14.7 Å². The Bertz CT molecular complexity index is 133. The van der Waals surface area contributed by atoms with Crippen molar-refractivity contribution in [2.45, 2.75) is 6.92 Å². The molecule has 0 rings (SSSR count). The minimum atomic E-state index is -4.64. The minimum absolute atomic E-state index is 0.466. The second-order valence-electron chi connectivity index (χ2n) is 1.49. The third-order valence-electron chi connectivity index (χ3n) is 0.387. The van der Waals surface area contributed by atoms with E-state index in [4.69, 9.17) is 19.2 Å². The number of hydrogen-bond donors (Lipinski definition) is 3. The van der Waals surface area contributed by atoms with Gasteiger partial charge in [0.2, 0.25) is 0 Å². The van der Waals surface area contributed by atoms with Crippen molar-refractivity contribution in [2.24, 2.45) is 0 Å². The normalized spacial score (nSPS) is 10.0. The van der Waals surface area contributed by atoms with Crippen molar-refractivity contribution in [1.82, 2.24) is 0 Å². The first kappa shape index (κ1) is 14.3. The summed E-state index contributed by atoms with van der Waals surface area (Å²) in [5.41, 5.74) is 0. The largest absolute Gasteiger partial charge is 0.466 e. The molecule has 0 aliphatic rings. The number of rotatable bonds is 4. The van der Waals surface area contributed by atoms with Crippen LogP contribution in [0, 0.1) is 0 Å². The zero-order valence-electron chi connectivity index (χ0n) is 6.71. The third-order valence-corrected chi connectivity index (χ3v) is 0.387. The summed E-state index contributed by atoms with van der Waals surface area (Å²) >= 11 is 0. The van der Waals surface area contributed by atoms with E-state index in [9.17, 15) is 0 Å². The summed E-state index contributed by atoms with van der Waals surface area (Å²) in [4.78, 5) is 30.6. The van der Waals surface area contributed by atoms with Gasteiger partial charge in [0.1, 0.15) is 6.61 Å². The summed E-state index contributed by atoms with van der Waals surface area (Å²) in [7, 11) is -4.64. The molecular formula is C5H13O6P. The summed E-state index contributed by atoms with van der Waals surface area (Å²) in [5.74, 6) is 0. The van der Waals surface area contributed by atoms with E-state index in [-0.39, 0.29) is 0 Å². The van der Waals surface area contributed by atoms with Crippen molar-refractivity contribution >= 4 is 7.82 Å². The van der Waals surface area contributed by atoms with Crippen molar-refractivity contribution < 1.29 is 29.0 Å². The van der Waals surface area contributed by atoms with Gasteiger partial charge in [0, 0.05) is 0 Å². The van der Waals surface area contributed by atoms with Crippen molar-refractivity contribution in [3.63, 3.8) is 0 Å². The van der Waals surface area contributed by atoms with Gasteiger partial charge in [-0.3, -0.25) is 0 Å². The molecule has 0 aliphatic carbocycles. The Balaban J connectivity index is 0. The van der Waals surface area contributed by atoms with Gasteiger partial charge in [-0.25, -0.2) is 14.3 Å². The Hall–Kier alpha value is -0.230. The second kappa shape index (κ2) is 8.86. The smallest absolute Gasteiger partial charge is 0.303 e. The van der Waals surface area contributed by atoms with Gasteiger partial charge in [-0.15, -0.1) is 6.58 Å². The molecule has 0 heterocycles. The molecular weight excluding hydrogens is 187 g/mol. The van der Waals surface area contributed by atoms with Crippen LogP contribution in [-0.4, -0.2) is 27.9 Å². The minimum Gasteiger partial charge on any atom is -0.303 e. The third kappa shape index (κ3) is 52.9. The lowest BCUT2D eigenvalue weighted by molar-refractivity contribution is -0.282. The topological polar surface area (TPSA) is 96.2 Å². The molecule has 0 atom stereocenters. The Kier molecular flexibility index (Phi) is 10.6. The molecule has 0 saturated carbocycles. The van der Waals surface area contributed by atoms with Crippen LogP contribution in [0.1, 0.15) is 6.92 Å². The van der Waals surface area contributed by atoms with Gasteiger partial charge in [-0.1, -0.05) is 6.08 Å². The lowest BCUT2D eigenvalue weighted by Crippen LogP contribution is -1.91. The van der Waals surface area contributed by atoms with Crippen LogP contribution in [0.5, 0.6) is 0 Å². The molecule has 0 aromatic carbocycles. The Morgan fingerprint density at radius 3 is 2.08 bits per heavy atom. The van der Waals surface area contributed by atoms with Crippen LogP contribution in [0.4, 0.5) is 0 Å². The number of phosphoric acid groups is 1. The molecule has 3 N–H and O–H groups in total. The predicted molar refractivity (Wildman–Crippen MR) is 42.0 cm³/mol. The van der Waals surface area contributed by atoms with Crippen molar-refractivity contribution in [1.29, 1.82) is 0 Å². The highest BCUT2D eigenvalue weighted by Gasteiger charge is 2.00. The molecule has 6 nitrogen and oxygen atoms in total. The van der Waals surface area contributed by atoms with Crippen molar-refractivity contribution in [3.05, 3.63) is 12.7 Å². The van der Waals surface area contributed by atoms with Crippen molar-refractivity contribution in [3.8, 4) is 0 Å². The van der Waals surface area contributed by atoms with Gasteiger partial charge >= 0.3 is 7.82 Å². The average Bonchev–Trinajstić information content (AvgIpc) is 1.85. The van der Waals surface area contributed by atoms with Gasteiger partial charge in [0.15, 0.2) is 0 Å². The molecule has 0 saturated heterocycles. The fraction of sp³-hybridized carbons (Fsp3) is 0.600. The van der Waals surface area contributed by atoms with Crippen molar-refractivity contribution in [2.75, 3.05) is 13.2 Å². The van der Waals surface area contributed by atoms with E-state index >= 15 is 0 Å². The van der Waals surface area contributed by atoms with Crippen LogP contribution in [0.3, 0.4) is 0 Å². The maximum absolute atomic E-state index is 8.88. The molecule has 0 bridgehead atoms. The molecule has 0 fully saturated rings. The summed E-state index contributed by atoms with van der Waals surface area (Å²) < 4.78 is 8.88. The van der Waals surface area contributed by atoms with Crippen LogP contribution in [0.15, 0.2) is 12.7 Å². The Morgan fingerprint density at radius 2 is 1.83 bits per heavy atom. The molecule has 7 heteroatoms. The quantitative estimate of drug-likeness (QED) is 0.197. The van der Waals surface area contributed by atoms with Crippen LogP contribution in [-0.2, 0) is 14.3 Å². The van der Waals surface area contributed by atoms with Crippen LogP contribution < -0.4 is 0 Å². The summed E-state index contributed by atoms with van der Waals surface area (Å²) in [6.45, 7) is 6.35. The standard InChI is InChI=1S/C5H10O2.H3O4P/c1-3-5-7-6-4-2;1-5(2,3)4/h3H,1,4-5H2,2H3;(H3,1,2,3,4). The summed E-state index contributed by atoms with van der Waals surface area (Å²) in [6.07, 6.45) is 1.63. The first-order valence-electron chi connectivity index (χ1n) is 3.05. The van der Waals surface area contributed by atoms with E-state index in [0.717, 1.165) is 0 Å². The molecule has 0 aliphatic heterocycles. The molecule has 0 spiro atoms. The van der Waals surface area contributed by atoms with Gasteiger partial charge in [-0.05, 0) is 6.92 Å². The maximum atomic E-state index is 8.88. The second-order valence-corrected chi connectivity index (χ2v) is 2.52. The molecule has 0 amide bonds. The molecule has 74 valence electrons. The fourth-order valence-electron chi connectivity index (χ4n) is 0.180. The van der Waals surface area contributed by atoms with E-state index in [2.05, 4.69) is 16.4 Å². The summed E-state index contributed by atoms with van der Waals surface area (Å²) in [5, 5.41) is 0. The van der Waals surface area contributed by atoms with E-state index in [1.165, 1.54) is 0 Å². The SMILES string of the molecule is C=CCOOCC.O=P(O)(O)O. The Labute approximate surface area is 70.6 Å². The van der Waals surface area contributed by atoms with Crippen LogP contribution in [0.25, 0.3) is 0 Å². The monoisotopic (exact) mass is 200 g/mol.